The summed E-state index contributed by atoms with van der Waals surface area (Å²) in [5.74, 6) is 0.212. The molecule has 0 saturated heterocycles. The molecular formula is C12H22N2O2. The summed E-state index contributed by atoms with van der Waals surface area (Å²) >= 11 is 0. The van der Waals surface area contributed by atoms with E-state index < -0.39 is 0 Å². The van der Waals surface area contributed by atoms with Gasteiger partial charge in [-0.3, -0.25) is 4.79 Å². The summed E-state index contributed by atoms with van der Waals surface area (Å²) in [6.45, 7) is 0.456. The van der Waals surface area contributed by atoms with Gasteiger partial charge in [0.05, 0.1) is 12.6 Å². The number of ether oxygens (including phenoxy) is 1. The number of likely N-dealkylation sites (N-methyl/N-ethyl adjacent to an activating group) is 1. The van der Waals surface area contributed by atoms with Gasteiger partial charge in [0.2, 0.25) is 5.91 Å². The van der Waals surface area contributed by atoms with Crippen molar-refractivity contribution >= 4 is 5.91 Å². The van der Waals surface area contributed by atoms with E-state index in [1.165, 1.54) is 19.3 Å². The maximum atomic E-state index is 11.8. The molecule has 16 heavy (non-hydrogen) atoms. The molecule has 4 heteroatoms. The first-order chi connectivity index (χ1) is 7.72. The molecule has 0 aromatic heterocycles. The maximum Gasteiger partial charge on any atom is 0.236 e. The van der Waals surface area contributed by atoms with Crippen molar-refractivity contribution in [2.75, 3.05) is 20.7 Å². The smallest absolute Gasteiger partial charge is 0.236 e. The second-order valence-electron chi connectivity index (χ2n) is 4.93. The number of hydrogen-bond donors (Lipinski definition) is 1. The molecule has 0 bridgehead atoms. The standard InChI is InChI=1S/C12H22N2O2/c1-14(9-6-7-9)12(15)8-13-10-4-3-5-11(10)16-2/h9-11,13H,3-8H2,1-2H3. The summed E-state index contributed by atoms with van der Waals surface area (Å²) in [5.41, 5.74) is 0. The van der Waals surface area contributed by atoms with Crippen LogP contribution in [0.4, 0.5) is 0 Å². The molecule has 2 saturated carbocycles. The third-order valence-electron chi connectivity index (χ3n) is 3.76. The Balaban J connectivity index is 1.71. The highest BCUT2D eigenvalue weighted by molar-refractivity contribution is 5.78. The zero-order chi connectivity index (χ0) is 11.5. The Hall–Kier alpha value is -0.610. The van der Waals surface area contributed by atoms with E-state index in [1.807, 2.05) is 11.9 Å². The van der Waals surface area contributed by atoms with Crippen LogP contribution in [0.1, 0.15) is 32.1 Å². The van der Waals surface area contributed by atoms with Crippen LogP contribution in [-0.2, 0) is 9.53 Å². The van der Waals surface area contributed by atoms with Gasteiger partial charge >= 0.3 is 0 Å². The summed E-state index contributed by atoms with van der Waals surface area (Å²) in [7, 11) is 3.66. The topological polar surface area (TPSA) is 41.6 Å². The number of nitrogens with one attached hydrogen (secondary N) is 1. The molecule has 2 rings (SSSR count). The Kier molecular flexibility index (Phi) is 3.82. The first-order valence-corrected chi connectivity index (χ1v) is 6.24. The van der Waals surface area contributed by atoms with Crippen LogP contribution >= 0.6 is 0 Å². The van der Waals surface area contributed by atoms with Gasteiger partial charge in [-0.1, -0.05) is 0 Å². The van der Waals surface area contributed by atoms with E-state index in [9.17, 15) is 4.79 Å². The largest absolute Gasteiger partial charge is 0.380 e. The number of rotatable bonds is 5. The fourth-order valence-electron chi connectivity index (χ4n) is 2.45. The second kappa shape index (κ2) is 5.15. The molecule has 0 aromatic carbocycles. The lowest BCUT2D eigenvalue weighted by atomic mass is 10.2. The van der Waals surface area contributed by atoms with Crippen molar-refractivity contribution in [2.45, 2.75) is 50.3 Å². The molecule has 2 aliphatic rings. The zero-order valence-electron chi connectivity index (χ0n) is 10.2. The molecule has 0 aliphatic heterocycles. The predicted molar refractivity (Wildman–Crippen MR) is 62.2 cm³/mol. The maximum absolute atomic E-state index is 11.8. The minimum Gasteiger partial charge on any atom is -0.380 e. The predicted octanol–water partition coefficient (Wildman–Crippen LogP) is 0.764. The lowest BCUT2D eigenvalue weighted by Gasteiger charge is -2.22. The molecule has 0 radical (unpaired) electrons. The highest BCUT2D eigenvalue weighted by atomic mass is 16.5. The van der Waals surface area contributed by atoms with Gasteiger partial charge in [0.15, 0.2) is 0 Å². The Labute approximate surface area is 97.3 Å². The van der Waals surface area contributed by atoms with Gasteiger partial charge in [-0.15, -0.1) is 0 Å². The molecule has 2 fully saturated rings. The Morgan fingerprint density at radius 2 is 2.12 bits per heavy atom. The van der Waals surface area contributed by atoms with Crippen molar-refractivity contribution in [3.8, 4) is 0 Å². The van der Waals surface area contributed by atoms with Crippen molar-refractivity contribution in [1.82, 2.24) is 10.2 Å². The first kappa shape index (κ1) is 11.9. The van der Waals surface area contributed by atoms with Crippen LogP contribution in [-0.4, -0.2) is 49.7 Å². The molecule has 0 aromatic rings. The van der Waals surface area contributed by atoms with Crippen molar-refractivity contribution in [1.29, 1.82) is 0 Å². The van der Waals surface area contributed by atoms with E-state index in [2.05, 4.69) is 5.32 Å². The minimum absolute atomic E-state index is 0.212. The molecule has 1 N–H and O–H groups in total. The quantitative estimate of drug-likeness (QED) is 0.752. The van der Waals surface area contributed by atoms with Gasteiger partial charge < -0.3 is 15.0 Å². The van der Waals surface area contributed by atoms with Gasteiger partial charge in [0.25, 0.3) is 0 Å². The first-order valence-electron chi connectivity index (χ1n) is 6.24. The number of carbonyl (C=O) groups excluding carboxylic acids is 1. The average Bonchev–Trinajstić information content (AvgIpc) is 3.04. The lowest BCUT2D eigenvalue weighted by molar-refractivity contribution is -0.129. The molecule has 0 heterocycles. The molecule has 4 nitrogen and oxygen atoms in total. The molecule has 2 unspecified atom stereocenters. The lowest BCUT2D eigenvalue weighted by Crippen LogP contribution is -2.44. The number of amides is 1. The van der Waals surface area contributed by atoms with Gasteiger partial charge in [-0.25, -0.2) is 0 Å². The van der Waals surface area contributed by atoms with Crippen LogP contribution in [0.25, 0.3) is 0 Å². The molecule has 2 atom stereocenters. The summed E-state index contributed by atoms with van der Waals surface area (Å²) in [6, 6.07) is 0.873. The van der Waals surface area contributed by atoms with E-state index >= 15 is 0 Å². The van der Waals surface area contributed by atoms with Crippen LogP contribution in [0.3, 0.4) is 0 Å². The van der Waals surface area contributed by atoms with E-state index in [0.717, 1.165) is 12.8 Å². The third kappa shape index (κ3) is 2.74. The van der Waals surface area contributed by atoms with E-state index in [1.54, 1.807) is 7.11 Å². The summed E-state index contributed by atoms with van der Waals surface area (Å²) in [5, 5.41) is 3.33. The normalized spacial score (nSPS) is 29.4. The fourth-order valence-corrected chi connectivity index (χ4v) is 2.45. The number of hydrogen-bond acceptors (Lipinski definition) is 3. The Morgan fingerprint density at radius 3 is 2.75 bits per heavy atom. The summed E-state index contributed by atoms with van der Waals surface area (Å²) in [4.78, 5) is 13.7. The Bertz CT molecular complexity index is 253. The van der Waals surface area contributed by atoms with Gasteiger partial charge in [0, 0.05) is 26.2 Å². The molecule has 2 aliphatic carbocycles. The number of carbonyl (C=O) groups is 1. The zero-order valence-corrected chi connectivity index (χ0v) is 10.2. The molecule has 0 spiro atoms. The van der Waals surface area contributed by atoms with Crippen LogP contribution in [0.2, 0.25) is 0 Å². The minimum atomic E-state index is 0.212. The monoisotopic (exact) mass is 226 g/mol. The van der Waals surface area contributed by atoms with Crippen LogP contribution < -0.4 is 5.32 Å². The van der Waals surface area contributed by atoms with E-state index in [-0.39, 0.29) is 5.91 Å². The highest BCUT2D eigenvalue weighted by Crippen LogP contribution is 2.25. The Morgan fingerprint density at radius 1 is 1.38 bits per heavy atom. The van der Waals surface area contributed by atoms with Crippen LogP contribution in [0, 0.1) is 0 Å². The van der Waals surface area contributed by atoms with Crippen LogP contribution in [0.15, 0.2) is 0 Å². The van der Waals surface area contributed by atoms with Crippen molar-refractivity contribution < 1.29 is 9.53 Å². The van der Waals surface area contributed by atoms with Gasteiger partial charge in [-0.05, 0) is 32.1 Å². The number of methoxy groups -OCH3 is 1. The highest BCUT2D eigenvalue weighted by Gasteiger charge is 2.31. The average molecular weight is 226 g/mol. The van der Waals surface area contributed by atoms with Crippen molar-refractivity contribution in [2.24, 2.45) is 0 Å². The summed E-state index contributed by atoms with van der Waals surface area (Å²) in [6.07, 6.45) is 6.07. The second-order valence-corrected chi connectivity index (χ2v) is 4.93. The molecular weight excluding hydrogens is 204 g/mol. The fraction of sp³-hybridized carbons (Fsp3) is 0.917. The van der Waals surface area contributed by atoms with Crippen LogP contribution in [0.5, 0.6) is 0 Å². The molecule has 92 valence electrons. The SMILES string of the molecule is COC1CCCC1NCC(=O)N(C)C1CC1. The van der Waals surface area contributed by atoms with Gasteiger partial charge in [-0.2, -0.15) is 0 Å². The van der Waals surface area contributed by atoms with Gasteiger partial charge in [0.1, 0.15) is 0 Å². The van der Waals surface area contributed by atoms with E-state index in [4.69, 9.17) is 4.74 Å². The van der Waals surface area contributed by atoms with E-state index in [0.29, 0.717) is 24.7 Å². The van der Waals surface area contributed by atoms with Crippen molar-refractivity contribution in [3.63, 3.8) is 0 Å². The van der Waals surface area contributed by atoms with Crippen molar-refractivity contribution in [3.05, 3.63) is 0 Å². The summed E-state index contributed by atoms with van der Waals surface area (Å²) < 4.78 is 5.39. The molecule has 1 amide bonds. The number of nitrogens with zero attached hydrogens (tertiary/aromatic N) is 1. The third-order valence-corrected chi connectivity index (χ3v) is 3.76.